The number of alkyl halides is 3. The van der Waals surface area contributed by atoms with Crippen molar-refractivity contribution in [2.75, 3.05) is 0 Å². The molecule has 0 saturated heterocycles. The fraction of sp³-hybridized carbons (Fsp3) is 0.500. The summed E-state index contributed by atoms with van der Waals surface area (Å²) in [4.78, 5) is 11.5. The van der Waals surface area contributed by atoms with Gasteiger partial charge in [-0.2, -0.15) is 13.2 Å². The zero-order valence-electron chi connectivity index (χ0n) is 9.09. The van der Waals surface area contributed by atoms with Crippen LogP contribution in [0.4, 0.5) is 13.2 Å². The molecule has 1 unspecified atom stereocenters. The van der Waals surface area contributed by atoms with E-state index in [-0.39, 0.29) is 12.6 Å². The Balaban J connectivity index is 3.21. The van der Waals surface area contributed by atoms with E-state index >= 15 is 0 Å². The average Bonchev–Trinajstić information content (AvgIpc) is 2.22. The van der Waals surface area contributed by atoms with Crippen LogP contribution in [-0.4, -0.2) is 10.6 Å². The van der Waals surface area contributed by atoms with E-state index in [4.69, 9.17) is 17.3 Å². The lowest BCUT2D eigenvalue weighted by Crippen LogP contribution is -2.32. The highest BCUT2D eigenvalue weighted by molar-refractivity contribution is 6.30. The second-order valence-corrected chi connectivity index (χ2v) is 4.11. The van der Waals surface area contributed by atoms with Crippen molar-refractivity contribution < 1.29 is 13.2 Å². The van der Waals surface area contributed by atoms with Gasteiger partial charge in [0.05, 0.1) is 5.56 Å². The molecule has 0 fully saturated rings. The van der Waals surface area contributed by atoms with Gasteiger partial charge < -0.3 is 10.3 Å². The molecule has 0 amide bonds. The third kappa shape index (κ3) is 3.47. The molecule has 1 atom stereocenters. The Kier molecular flexibility index (Phi) is 4.21. The summed E-state index contributed by atoms with van der Waals surface area (Å²) in [6, 6.07) is 0.241. The molecular formula is C10H12ClF3N2O. The van der Waals surface area contributed by atoms with Crippen LogP contribution in [-0.2, 0) is 12.7 Å². The molecule has 1 rings (SSSR count). The first-order valence-corrected chi connectivity index (χ1v) is 5.36. The van der Waals surface area contributed by atoms with Gasteiger partial charge in [0.25, 0.3) is 5.56 Å². The zero-order valence-corrected chi connectivity index (χ0v) is 9.85. The Morgan fingerprint density at radius 1 is 1.53 bits per heavy atom. The summed E-state index contributed by atoms with van der Waals surface area (Å²) in [5.74, 6) is 0. The van der Waals surface area contributed by atoms with Crippen LogP contribution in [0.15, 0.2) is 17.1 Å². The van der Waals surface area contributed by atoms with E-state index in [9.17, 15) is 18.0 Å². The molecule has 0 spiro atoms. The number of pyridine rings is 1. The molecule has 0 radical (unpaired) electrons. The van der Waals surface area contributed by atoms with Crippen molar-refractivity contribution in [3.05, 3.63) is 33.2 Å². The number of hydrogen-bond donors (Lipinski definition) is 1. The largest absolute Gasteiger partial charge is 0.417 e. The normalized spacial score (nSPS) is 13.8. The number of hydrogen-bond acceptors (Lipinski definition) is 2. The van der Waals surface area contributed by atoms with Crippen LogP contribution < -0.4 is 11.3 Å². The number of aromatic nitrogens is 1. The van der Waals surface area contributed by atoms with Crippen LogP contribution in [0.5, 0.6) is 0 Å². The summed E-state index contributed by atoms with van der Waals surface area (Å²) in [6.45, 7) is 1.80. The molecule has 2 N–H and O–H groups in total. The minimum absolute atomic E-state index is 0.0129. The molecule has 3 nitrogen and oxygen atoms in total. The maximum absolute atomic E-state index is 12.5. The van der Waals surface area contributed by atoms with Gasteiger partial charge >= 0.3 is 6.18 Å². The van der Waals surface area contributed by atoms with E-state index in [1.165, 1.54) is 0 Å². The van der Waals surface area contributed by atoms with Crippen molar-refractivity contribution >= 4 is 11.6 Å². The SMILES string of the molecule is CCC(N)Cn1cc(C(F)(F)F)cc(Cl)c1=O. The summed E-state index contributed by atoms with van der Waals surface area (Å²) in [5.41, 5.74) is 3.98. The monoisotopic (exact) mass is 268 g/mol. The van der Waals surface area contributed by atoms with Crippen molar-refractivity contribution in [3.8, 4) is 0 Å². The van der Waals surface area contributed by atoms with E-state index in [0.717, 1.165) is 10.8 Å². The van der Waals surface area contributed by atoms with Crippen LogP contribution in [0.25, 0.3) is 0 Å². The Labute approximate surface area is 101 Å². The molecule has 0 saturated carbocycles. The molecule has 96 valence electrons. The summed E-state index contributed by atoms with van der Waals surface area (Å²) in [6.07, 6.45) is -3.24. The lowest BCUT2D eigenvalue weighted by molar-refractivity contribution is -0.138. The number of nitrogens with zero attached hydrogens (tertiary/aromatic N) is 1. The van der Waals surface area contributed by atoms with Crippen LogP contribution >= 0.6 is 11.6 Å². The van der Waals surface area contributed by atoms with Gasteiger partial charge in [0, 0.05) is 18.8 Å². The van der Waals surface area contributed by atoms with Gasteiger partial charge in [0.1, 0.15) is 5.02 Å². The molecule has 0 aliphatic carbocycles. The highest BCUT2D eigenvalue weighted by Gasteiger charge is 2.32. The van der Waals surface area contributed by atoms with Crippen molar-refractivity contribution in [3.63, 3.8) is 0 Å². The van der Waals surface area contributed by atoms with E-state index < -0.39 is 22.3 Å². The first-order chi connectivity index (χ1) is 7.75. The van der Waals surface area contributed by atoms with E-state index in [1.807, 2.05) is 0 Å². The Hall–Kier alpha value is -1.01. The summed E-state index contributed by atoms with van der Waals surface area (Å²) in [7, 11) is 0. The standard InChI is InChI=1S/C10H12ClF3N2O/c1-2-7(15)5-16-4-6(10(12,13)14)3-8(11)9(16)17/h3-4,7H,2,5,15H2,1H3. The van der Waals surface area contributed by atoms with Gasteiger partial charge in [-0.15, -0.1) is 0 Å². The van der Waals surface area contributed by atoms with E-state index in [0.29, 0.717) is 12.5 Å². The molecule has 0 bridgehead atoms. The van der Waals surface area contributed by atoms with Gasteiger partial charge in [-0.1, -0.05) is 18.5 Å². The number of halogens is 4. The van der Waals surface area contributed by atoms with Crippen molar-refractivity contribution in [1.82, 2.24) is 4.57 Å². The minimum Gasteiger partial charge on any atom is -0.326 e. The average molecular weight is 269 g/mol. The summed E-state index contributed by atoms with van der Waals surface area (Å²) >= 11 is 5.48. The Morgan fingerprint density at radius 2 is 2.12 bits per heavy atom. The van der Waals surface area contributed by atoms with Crippen LogP contribution in [0.2, 0.25) is 5.02 Å². The van der Waals surface area contributed by atoms with Gasteiger partial charge in [-0.25, -0.2) is 0 Å². The number of nitrogens with two attached hydrogens (primary N) is 1. The van der Waals surface area contributed by atoms with Gasteiger partial charge in [0.2, 0.25) is 0 Å². The zero-order chi connectivity index (χ0) is 13.2. The first-order valence-electron chi connectivity index (χ1n) is 4.98. The molecule has 0 aliphatic heterocycles. The second kappa shape index (κ2) is 5.10. The minimum atomic E-state index is -4.53. The molecule has 1 aromatic rings. The van der Waals surface area contributed by atoms with Crippen LogP contribution in [0.1, 0.15) is 18.9 Å². The van der Waals surface area contributed by atoms with Gasteiger partial charge in [0.15, 0.2) is 0 Å². The topological polar surface area (TPSA) is 48.0 Å². The molecule has 1 aromatic heterocycles. The fourth-order valence-electron chi connectivity index (χ4n) is 1.27. The van der Waals surface area contributed by atoms with Crippen LogP contribution in [0.3, 0.4) is 0 Å². The molecule has 17 heavy (non-hydrogen) atoms. The molecular weight excluding hydrogens is 257 g/mol. The third-order valence-electron chi connectivity index (χ3n) is 2.33. The maximum Gasteiger partial charge on any atom is 0.417 e. The molecule has 7 heteroatoms. The third-order valence-corrected chi connectivity index (χ3v) is 2.60. The maximum atomic E-state index is 12.5. The predicted octanol–water partition coefficient (Wildman–Crippen LogP) is 2.26. The molecule has 1 heterocycles. The van der Waals surface area contributed by atoms with Crippen LogP contribution in [0, 0.1) is 0 Å². The van der Waals surface area contributed by atoms with Crippen molar-refractivity contribution in [2.24, 2.45) is 5.73 Å². The molecule has 0 aromatic carbocycles. The Bertz CT molecular complexity index is 456. The second-order valence-electron chi connectivity index (χ2n) is 3.70. The fourth-order valence-corrected chi connectivity index (χ4v) is 1.50. The first kappa shape index (κ1) is 14.1. The van der Waals surface area contributed by atoms with E-state index in [1.54, 1.807) is 6.92 Å². The predicted molar refractivity (Wildman–Crippen MR) is 59.0 cm³/mol. The lowest BCUT2D eigenvalue weighted by atomic mass is 10.2. The quantitative estimate of drug-likeness (QED) is 0.914. The highest BCUT2D eigenvalue weighted by atomic mass is 35.5. The smallest absolute Gasteiger partial charge is 0.326 e. The lowest BCUT2D eigenvalue weighted by Gasteiger charge is -2.14. The van der Waals surface area contributed by atoms with Crippen molar-refractivity contribution in [2.45, 2.75) is 32.1 Å². The molecule has 0 aliphatic rings. The van der Waals surface area contributed by atoms with Gasteiger partial charge in [-0.3, -0.25) is 4.79 Å². The van der Waals surface area contributed by atoms with Crippen molar-refractivity contribution in [1.29, 1.82) is 0 Å². The van der Waals surface area contributed by atoms with E-state index in [2.05, 4.69) is 0 Å². The summed E-state index contributed by atoms with van der Waals surface area (Å²) in [5, 5.41) is -0.455. The highest BCUT2D eigenvalue weighted by Crippen LogP contribution is 2.29. The van der Waals surface area contributed by atoms with Gasteiger partial charge in [-0.05, 0) is 12.5 Å². The Morgan fingerprint density at radius 3 is 2.59 bits per heavy atom. The summed E-state index contributed by atoms with van der Waals surface area (Å²) < 4.78 is 38.4. The number of rotatable bonds is 3.